The molecule has 3 aromatic rings. The molecular formula is C27H33ClN4O. The highest BCUT2D eigenvalue weighted by Crippen LogP contribution is 2.41. The third-order valence-corrected chi connectivity index (χ3v) is 6.32. The smallest absolute Gasteiger partial charge is 0.201 e. The van der Waals surface area contributed by atoms with Crippen LogP contribution in [0.15, 0.2) is 34.7 Å². The minimum absolute atomic E-state index is 0. The Morgan fingerprint density at radius 3 is 2.45 bits per heavy atom. The number of aromatic nitrogens is 1. The zero-order valence-corrected chi connectivity index (χ0v) is 21.2. The molecule has 0 aliphatic carbocycles. The molecule has 0 spiro atoms. The molecule has 1 saturated heterocycles. The first-order valence-electron chi connectivity index (χ1n) is 11.2. The summed E-state index contributed by atoms with van der Waals surface area (Å²) in [6.07, 6.45) is 5.33. The summed E-state index contributed by atoms with van der Waals surface area (Å²) in [5.74, 6) is 0.664. The lowest BCUT2D eigenvalue weighted by atomic mass is 9.96. The van der Waals surface area contributed by atoms with E-state index in [0.29, 0.717) is 23.0 Å². The summed E-state index contributed by atoms with van der Waals surface area (Å²) in [4.78, 5) is 9.50. The highest BCUT2D eigenvalue weighted by molar-refractivity contribution is 5.99. The van der Waals surface area contributed by atoms with Gasteiger partial charge in [-0.25, -0.2) is 4.98 Å². The molecular weight excluding hydrogens is 432 g/mol. The first-order chi connectivity index (χ1) is 15.2. The van der Waals surface area contributed by atoms with E-state index in [-0.39, 0.29) is 17.8 Å². The number of nitrogens with zero attached hydrogens (tertiary/aromatic N) is 4. The molecule has 33 heavy (non-hydrogen) atoms. The fourth-order valence-electron chi connectivity index (χ4n) is 4.35. The number of hydrogen-bond donors (Lipinski definition) is 0. The second-order valence-corrected chi connectivity index (χ2v) is 9.92. The Morgan fingerprint density at radius 1 is 1.18 bits per heavy atom. The SMILES string of the molecule is Cc1c(/C=C/c2ccccc2)c(N2CC[C@H](N(C)C)C2)c2oc(C(C)(C)C)nc2c1C#N.Cl. The second kappa shape index (κ2) is 9.59. The number of halogens is 1. The lowest BCUT2D eigenvalue weighted by molar-refractivity contribution is 0.315. The number of anilines is 1. The maximum Gasteiger partial charge on any atom is 0.201 e. The molecule has 174 valence electrons. The Hall–Kier alpha value is -2.81. The van der Waals surface area contributed by atoms with E-state index in [2.05, 4.69) is 75.0 Å². The van der Waals surface area contributed by atoms with Crippen LogP contribution in [0.25, 0.3) is 23.3 Å². The number of hydrogen-bond acceptors (Lipinski definition) is 5. The number of oxazole rings is 1. The van der Waals surface area contributed by atoms with Crippen LogP contribution < -0.4 is 4.90 Å². The quantitative estimate of drug-likeness (QED) is 0.440. The van der Waals surface area contributed by atoms with E-state index in [1.807, 2.05) is 25.1 Å². The summed E-state index contributed by atoms with van der Waals surface area (Å²) in [6, 6.07) is 13.1. The van der Waals surface area contributed by atoms with Gasteiger partial charge in [0.05, 0.1) is 11.3 Å². The van der Waals surface area contributed by atoms with Gasteiger partial charge in [0.1, 0.15) is 11.6 Å². The van der Waals surface area contributed by atoms with Gasteiger partial charge in [-0.15, -0.1) is 12.4 Å². The molecule has 1 atom stereocenters. The van der Waals surface area contributed by atoms with E-state index < -0.39 is 0 Å². The Kier molecular flexibility index (Phi) is 7.21. The molecule has 0 N–H and O–H groups in total. The van der Waals surface area contributed by atoms with Gasteiger partial charge in [0, 0.05) is 30.1 Å². The maximum absolute atomic E-state index is 10.0. The summed E-state index contributed by atoms with van der Waals surface area (Å²) in [5.41, 5.74) is 5.92. The minimum Gasteiger partial charge on any atom is -0.438 e. The monoisotopic (exact) mass is 464 g/mol. The first-order valence-corrected chi connectivity index (χ1v) is 11.2. The first kappa shape index (κ1) is 24.8. The van der Waals surface area contributed by atoms with Gasteiger partial charge in [-0.3, -0.25) is 0 Å². The third-order valence-electron chi connectivity index (χ3n) is 6.32. The van der Waals surface area contributed by atoms with Crippen molar-refractivity contribution in [3.63, 3.8) is 0 Å². The van der Waals surface area contributed by atoms with Gasteiger partial charge in [-0.05, 0) is 38.6 Å². The van der Waals surface area contributed by atoms with Crippen LogP contribution in [-0.4, -0.2) is 43.1 Å². The molecule has 6 heteroatoms. The van der Waals surface area contributed by atoms with E-state index in [0.717, 1.165) is 47.5 Å². The molecule has 0 amide bonds. The Morgan fingerprint density at radius 2 is 1.88 bits per heavy atom. The van der Waals surface area contributed by atoms with Gasteiger partial charge in [0.25, 0.3) is 0 Å². The molecule has 2 heterocycles. The van der Waals surface area contributed by atoms with Crippen LogP contribution in [0.3, 0.4) is 0 Å². The second-order valence-electron chi connectivity index (χ2n) is 9.92. The van der Waals surface area contributed by atoms with Crippen molar-refractivity contribution in [2.45, 2.75) is 45.6 Å². The molecule has 1 aliphatic rings. The molecule has 4 rings (SSSR count). The van der Waals surface area contributed by atoms with E-state index in [9.17, 15) is 5.26 Å². The van der Waals surface area contributed by atoms with Crippen molar-refractivity contribution in [2.75, 3.05) is 32.1 Å². The van der Waals surface area contributed by atoms with Gasteiger partial charge >= 0.3 is 0 Å². The van der Waals surface area contributed by atoms with E-state index in [4.69, 9.17) is 9.40 Å². The molecule has 1 aromatic heterocycles. The fraction of sp³-hybridized carbons (Fsp3) is 0.407. The lowest BCUT2D eigenvalue weighted by Gasteiger charge is -2.24. The molecule has 0 saturated carbocycles. The van der Waals surface area contributed by atoms with Crippen molar-refractivity contribution in [1.29, 1.82) is 5.26 Å². The van der Waals surface area contributed by atoms with Crippen LogP contribution in [-0.2, 0) is 5.41 Å². The highest BCUT2D eigenvalue weighted by atomic mass is 35.5. The molecule has 2 aromatic carbocycles. The topological polar surface area (TPSA) is 56.3 Å². The molecule has 0 radical (unpaired) electrons. The standard InChI is InChI=1S/C27H32N4O.ClH/c1-18-21(13-12-19-10-8-7-9-11-19)24(31-15-14-20(17-31)30(5)6)25-23(22(18)16-28)29-26(32-25)27(2,3)4;/h7-13,20H,14-15,17H2,1-6H3;1H/b13-12+;/t20-;/m0./s1. The third kappa shape index (κ3) is 4.78. The predicted octanol–water partition coefficient (Wildman–Crippen LogP) is 6.04. The van der Waals surface area contributed by atoms with Crippen LogP contribution in [0.2, 0.25) is 0 Å². The number of rotatable bonds is 4. The number of benzene rings is 2. The lowest BCUT2D eigenvalue weighted by Crippen LogP contribution is -2.31. The van der Waals surface area contributed by atoms with Crippen molar-refractivity contribution >= 4 is 41.3 Å². The van der Waals surface area contributed by atoms with Crippen LogP contribution in [0.4, 0.5) is 5.69 Å². The van der Waals surface area contributed by atoms with Crippen molar-refractivity contribution in [2.24, 2.45) is 0 Å². The van der Waals surface area contributed by atoms with E-state index in [1.165, 1.54) is 0 Å². The fourth-order valence-corrected chi connectivity index (χ4v) is 4.35. The van der Waals surface area contributed by atoms with E-state index in [1.54, 1.807) is 0 Å². The van der Waals surface area contributed by atoms with Crippen LogP contribution >= 0.6 is 12.4 Å². The Balaban J connectivity index is 0.00000306. The van der Waals surface area contributed by atoms with Gasteiger partial charge in [-0.2, -0.15) is 5.26 Å². The average molecular weight is 465 g/mol. The van der Waals surface area contributed by atoms with E-state index >= 15 is 0 Å². The van der Waals surface area contributed by atoms with Crippen molar-refractivity contribution in [1.82, 2.24) is 9.88 Å². The van der Waals surface area contributed by atoms with Gasteiger partial charge < -0.3 is 14.2 Å². The van der Waals surface area contributed by atoms with Crippen molar-refractivity contribution in [3.05, 3.63) is 58.5 Å². The zero-order chi connectivity index (χ0) is 23.0. The normalized spacial score (nSPS) is 16.5. The van der Waals surface area contributed by atoms with Crippen molar-refractivity contribution < 1.29 is 4.42 Å². The largest absolute Gasteiger partial charge is 0.438 e. The number of likely N-dealkylation sites (N-methyl/N-ethyl adjacent to an activating group) is 1. The van der Waals surface area contributed by atoms with Crippen LogP contribution in [0.1, 0.15) is 55.3 Å². The average Bonchev–Trinajstić information content (AvgIpc) is 3.40. The zero-order valence-electron chi connectivity index (χ0n) is 20.3. The molecule has 1 fully saturated rings. The Labute approximate surface area is 203 Å². The molecule has 1 aliphatic heterocycles. The molecule has 0 unspecified atom stereocenters. The summed E-state index contributed by atoms with van der Waals surface area (Å²) in [5, 5.41) is 10.0. The summed E-state index contributed by atoms with van der Waals surface area (Å²) >= 11 is 0. The number of fused-ring (bicyclic) bond motifs is 1. The molecule has 5 nitrogen and oxygen atoms in total. The summed E-state index contributed by atoms with van der Waals surface area (Å²) in [6.45, 7) is 10.2. The highest BCUT2D eigenvalue weighted by Gasteiger charge is 2.32. The van der Waals surface area contributed by atoms with Gasteiger partial charge in [-0.1, -0.05) is 63.3 Å². The van der Waals surface area contributed by atoms with Gasteiger partial charge in [0.15, 0.2) is 5.58 Å². The summed E-state index contributed by atoms with van der Waals surface area (Å²) < 4.78 is 6.41. The van der Waals surface area contributed by atoms with Crippen molar-refractivity contribution in [3.8, 4) is 6.07 Å². The van der Waals surface area contributed by atoms with Crippen LogP contribution in [0.5, 0.6) is 0 Å². The van der Waals surface area contributed by atoms with Crippen LogP contribution in [0, 0.1) is 18.3 Å². The van der Waals surface area contributed by atoms with Gasteiger partial charge in [0.2, 0.25) is 5.89 Å². The predicted molar refractivity (Wildman–Crippen MR) is 139 cm³/mol. The molecule has 0 bridgehead atoms. The number of nitriles is 1. The summed E-state index contributed by atoms with van der Waals surface area (Å²) in [7, 11) is 4.27. The minimum atomic E-state index is -0.242. The maximum atomic E-state index is 10.0. The Bertz CT molecular complexity index is 1200.